The van der Waals surface area contributed by atoms with E-state index < -0.39 is 5.54 Å². The third-order valence-corrected chi connectivity index (χ3v) is 4.57. The Bertz CT molecular complexity index is 408. The summed E-state index contributed by atoms with van der Waals surface area (Å²) in [4.78, 5) is 2.53. The van der Waals surface area contributed by atoms with Gasteiger partial charge in [-0.15, -0.1) is 0 Å². The molecule has 0 aromatic heterocycles. The Labute approximate surface area is 122 Å². The highest BCUT2D eigenvalue weighted by Crippen LogP contribution is 2.31. The number of halogens is 1. The smallest absolute Gasteiger partial charge is 0.123 e. The van der Waals surface area contributed by atoms with Crippen LogP contribution in [-0.2, 0) is 5.54 Å². The van der Waals surface area contributed by atoms with Crippen LogP contribution in [0.4, 0.5) is 4.39 Å². The van der Waals surface area contributed by atoms with Crippen LogP contribution in [0, 0.1) is 5.82 Å². The van der Waals surface area contributed by atoms with Gasteiger partial charge in [-0.2, -0.15) is 0 Å². The topological polar surface area (TPSA) is 29.3 Å². The van der Waals surface area contributed by atoms with Gasteiger partial charge in [-0.05, 0) is 57.0 Å². The number of nitrogens with zero attached hydrogens (tertiary/aromatic N) is 1. The van der Waals surface area contributed by atoms with Crippen LogP contribution < -0.4 is 5.73 Å². The molecule has 1 saturated heterocycles. The van der Waals surface area contributed by atoms with Crippen molar-refractivity contribution in [2.24, 2.45) is 5.73 Å². The van der Waals surface area contributed by atoms with Crippen LogP contribution in [0.2, 0.25) is 0 Å². The molecule has 2 nitrogen and oxygen atoms in total. The summed E-state index contributed by atoms with van der Waals surface area (Å²) in [6.07, 6.45) is 6.02. The largest absolute Gasteiger partial charge is 0.320 e. The van der Waals surface area contributed by atoms with Crippen LogP contribution in [0.3, 0.4) is 0 Å². The summed E-state index contributed by atoms with van der Waals surface area (Å²) in [6, 6.07) is 7.05. The molecular formula is C17H27FN2. The predicted molar refractivity (Wildman–Crippen MR) is 82.1 cm³/mol. The van der Waals surface area contributed by atoms with Gasteiger partial charge >= 0.3 is 0 Å². The Morgan fingerprint density at radius 2 is 1.85 bits per heavy atom. The van der Waals surface area contributed by atoms with E-state index in [-0.39, 0.29) is 5.82 Å². The number of nitrogens with two attached hydrogens (primary N) is 1. The first kappa shape index (κ1) is 15.5. The van der Waals surface area contributed by atoms with Gasteiger partial charge in [0.25, 0.3) is 0 Å². The number of hydrogen-bond acceptors (Lipinski definition) is 2. The zero-order valence-electron chi connectivity index (χ0n) is 12.7. The first-order chi connectivity index (χ1) is 9.55. The Morgan fingerprint density at radius 1 is 1.25 bits per heavy atom. The van der Waals surface area contributed by atoms with Crippen molar-refractivity contribution in [1.29, 1.82) is 0 Å². The molecule has 1 aromatic carbocycles. The van der Waals surface area contributed by atoms with Gasteiger partial charge in [-0.1, -0.05) is 31.9 Å². The van der Waals surface area contributed by atoms with E-state index in [0.717, 1.165) is 25.1 Å². The fourth-order valence-electron chi connectivity index (χ4n) is 3.31. The molecule has 0 aliphatic carbocycles. The normalized spacial score (nSPS) is 20.8. The Balaban J connectivity index is 2.22. The van der Waals surface area contributed by atoms with Crippen LogP contribution in [0.25, 0.3) is 0 Å². The van der Waals surface area contributed by atoms with Crippen molar-refractivity contribution in [3.05, 3.63) is 35.6 Å². The van der Waals surface area contributed by atoms with Crippen LogP contribution in [0.5, 0.6) is 0 Å². The van der Waals surface area contributed by atoms with Crippen LogP contribution >= 0.6 is 0 Å². The number of rotatable bonds is 6. The summed E-state index contributed by atoms with van der Waals surface area (Å²) in [5.41, 5.74) is 7.30. The number of hydrogen-bond donors (Lipinski definition) is 1. The standard InChI is InChI=1S/C17H27FN2/c1-3-4-7-16(20-12-5-6-13-20)17(2,19)14-8-10-15(18)11-9-14/h8-11,16H,3-7,12-13,19H2,1-2H3. The lowest BCUT2D eigenvalue weighted by molar-refractivity contribution is 0.144. The van der Waals surface area contributed by atoms with Gasteiger partial charge in [-0.25, -0.2) is 4.39 Å². The van der Waals surface area contributed by atoms with Gasteiger partial charge < -0.3 is 5.73 Å². The van der Waals surface area contributed by atoms with Crippen molar-refractivity contribution < 1.29 is 4.39 Å². The molecule has 112 valence electrons. The maximum absolute atomic E-state index is 13.1. The van der Waals surface area contributed by atoms with E-state index in [2.05, 4.69) is 18.7 Å². The average Bonchev–Trinajstić information content (AvgIpc) is 2.93. The van der Waals surface area contributed by atoms with Crippen molar-refractivity contribution in [2.75, 3.05) is 13.1 Å². The molecule has 0 saturated carbocycles. The van der Waals surface area contributed by atoms with Crippen LogP contribution in [0.1, 0.15) is 51.5 Å². The summed E-state index contributed by atoms with van der Waals surface area (Å²) in [5.74, 6) is -0.198. The highest BCUT2D eigenvalue weighted by atomic mass is 19.1. The summed E-state index contributed by atoms with van der Waals surface area (Å²) >= 11 is 0. The Morgan fingerprint density at radius 3 is 2.40 bits per heavy atom. The van der Waals surface area contributed by atoms with Crippen LogP contribution in [-0.4, -0.2) is 24.0 Å². The molecule has 0 radical (unpaired) electrons. The molecule has 2 unspecified atom stereocenters. The minimum atomic E-state index is -0.423. The number of likely N-dealkylation sites (tertiary alicyclic amines) is 1. The monoisotopic (exact) mass is 278 g/mol. The molecule has 2 rings (SSSR count). The quantitative estimate of drug-likeness (QED) is 0.860. The zero-order chi connectivity index (χ0) is 14.6. The van der Waals surface area contributed by atoms with Gasteiger partial charge in [0.05, 0.1) is 5.54 Å². The van der Waals surface area contributed by atoms with E-state index in [1.54, 1.807) is 0 Å². The summed E-state index contributed by atoms with van der Waals surface area (Å²) in [6.45, 7) is 6.59. The number of benzene rings is 1. The van der Waals surface area contributed by atoms with E-state index >= 15 is 0 Å². The van der Waals surface area contributed by atoms with E-state index in [0.29, 0.717) is 6.04 Å². The lowest BCUT2D eigenvalue weighted by Crippen LogP contribution is -2.53. The van der Waals surface area contributed by atoms with Gasteiger partial charge in [0, 0.05) is 6.04 Å². The zero-order valence-corrected chi connectivity index (χ0v) is 12.7. The summed E-state index contributed by atoms with van der Waals surface area (Å²) < 4.78 is 13.1. The second-order valence-corrected chi connectivity index (χ2v) is 6.19. The molecule has 0 amide bonds. The van der Waals surface area contributed by atoms with Gasteiger partial charge in [-0.3, -0.25) is 4.90 Å². The third-order valence-electron chi connectivity index (χ3n) is 4.57. The molecule has 1 fully saturated rings. The average molecular weight is 278 g/mol. The molecule has 0 spiro atoms. The fourth-order valence-corrected chi connectivity index (χ4v) is 3.31. The Kier molecular flexibility index (Phi) is 5.17. The van der Waals surface area contributed by atoms with Gasteiger partial charge in [0.2, 0.25) is 0 Å². The Hall–Kier alpha value is -0.930. The molecule has 2 N–H and O–H groups in total. The molecule has 0 bridgehead atoms. The summed E-state index contributed by atoms with van der Waals surface area (Å²) in [7, 11) is 0. The van der Waals surface area contributed by atoms with Gasteiger partial charge in [0.1, 0.15) is 5.82 Å². The SMILES string of the molecule is CCCCC(N1CCCC1)C(C)(N)c1ccc(F)cc1. The molecule has 1 aliphatic heterocycles. The molecule has 1 aliphatic rings. The second kappa shape index (κ2) is 6.68. The van der Waals surface area contributed by atoms with Crippen molar-refractivity contribution >= 4 is 0 Å². The maximum atomic E-state index is 13.1. The fraction of sp³-hybridized carbons (Fsp3) is 0.647. The lowest BCUT2D eigenvalue weighted by atomic mass is 9.82. The predicted octanol–water partition coefficient (Wildman–Crippen LogP) is 3.65. The van der Waals surface area contributed by atoms with E-state index in [9.17, 15) is 4.39 Å². The lowest BCUT2D eigenvalue weighted by Gasteiger charge is -2.41. The molecule has 3 heteroatoms. The van der Waals surface area contributed by atoms with Crippen molar-refractivity contribution in [3.8, 4) is 0 Å². The second-order valence-electron chi connectivity index (χ2n) is 6.19. The summed E-state index contributed by atoms with van der Waals surface area (Å²) in [5, 5.41) is 0. The molecule has 20 heavy (non-hydrogen) atoms. The van der Waals surface area contributed by atoms with E-state index in [1.165, 1.54) is 37.8 Å². The highest BCUT2D eigenvalue weighted by Gasteiger charge is 2.36. The first-order valence-electron chi connectivity index (χ1n) is 7.84. The minimum absolute atomic E-state index is 0.198. The van der Waals surface area contributed by atoms with Crippen molar-refractivity contribution in [1.82, 2.24) is 4.90 Å². The molecule has 2 atom stereocenters. The molecule has 1 aromatic rings. The van der Waals surface area contributed by atoms with Crippen molar-refractivity contribution in [3.63, 3.8) is 0 Å². The minimum Gasteiger partial charge on any atom is -0.320 e. The van der Waals surface area contributed by atoms with Crippen molar-refractivity contribution in [2.45, 2.75) is 57.5 Å². The highest BCUT2D eigenvalue weighted by molar-refractivity contribution is 5.26. The van der Waals surface area contributed by atoms with Gasteiger partial charge in [0.15, 0.2) is 0 Å². The number of unbranched alkanes of at least 4 members (excludes halogenated alkanes) is 1. The third kappa shape index (κ3) is 3.39. The first-order valence-corrected chi connectivity index (χ1v) is 7.84. The van der Waals surface area contributed by atoms with E-state index in [4.69, 9.17) is 5.73 Å². The van der Waals surface area contributed by atoms with Crippen LogP contribution in [0.15, 0.2) is 24.3 Å². The molecule has 1 heterocycles. The molecular weight excluding hydrogens is 251 g/mol. The van der Waals surface area contributed by atoms with E-state index in [1.807, 2.05) is 12.1 Å². The maximum Gasteiger partial charge on any atom is 0.123 e.